The van der Waals surface area contributed by atoms with E-state index in [1.807, 2.05) is 0 Å². The molecule has 3 aromatic rings. The number of rotatable bonds is 3. The molecule has 0 fully saturated rings. The summed E-state index contributed by atoms with van der Waals surface area (Å²) in [5, 5.41) is 18.7. The van der Waals surface area contributed by atoms with Gasteiger partial charge in [0.05, 0.1) is 10.6 Å². The van der Waals surface area contributed by atoms with Crippen LogP contribution in [0.4, 0.5) is 11.4 Å². The minimum Gasteiger partial charge on any atom is -0.504 e. The van der Waals surface area contributed by atoms with Gasteiger partial charge in [0.25, 0.3) is 10.1 Å². The van der Waals surface area contributed by atoms with Crippen molar-refractivity contribution in [3.8, 4) is 5.75 Å². The van der Waals surface area contributed by atoms with Crippen molar-refractivity contribution >= 4 is 62.0 Å². The second kappa shape index (κ2) is 7.37. The Morgan fingerprint density at radius 2 is 1.79 bits per heavy atom. The summed E-state index contributed by atoms with van der Waals surface area (Å²) in [4.78, 5) is 3.80. The second-order valence-corrected chi connectivity index (χ2v) is 6.10. The van der Waals surface area contributed by atoms with E-state index in [1.165, 1.54) is 24.3 Å². The number of benzene rings is 2. The maximum absolute atomic E-state index is 11.1. The Hall–Kier alpha value is -1.84. The summed E-state index contributed by atoms with van der Waals surface area (Å²) in [6, 6.07) is 12.2. The van der Waals surface area contributed by atoms with Crippen molar-refractivity contribution in [1.82, 2.24) is 4.98 Å². The molecule has 9 heteroatoms. The second-order valence-electron chi connectivity index (χ2n) is 4.68. The van der Waals surface area contributed by atoms with Gasteiger partial charge in [-0.2, -0.15) is 13.5 Å². The quantitative estimate of drug-likeness (QED) is 0.427. The molecule has 0 atom stereocenters. The number of hydrogen-bond acceptors (Lipinski definition) is 6. The zero-order valence-corrected chi connectivity index (χ0v) is 15.5. The van der Waals surface area contributed by atoms with Gasteiger partial charge >= 0.3 is 0 Å². The summed E-state index contributed by atoms with van der Waals surface area (Å²) in [6.45, 7) is 0. The van der Waals surface area contributed by atoms with Gasteiger partial charge < -0.3 is 5.11 Å². The van der Waals surface area contributed by atoms with E-state index in [1.54, 1.807) is 30.5 Å². The summed E-state index contributed by atoms with van der Waals surface area (Å²) < 4.78 is 31.2. The first-order valence-corrected chi connectivity index (χ1v) is 7.95. The van der Waals surface area contributed by atoms with E-state index in [9.17, 15) is 13.5 Å². The average molecular weight is 352 g/mol. The van der Waals surface area contributed by atoms with E-state index in [4.69, 9.17) is 4.55 Å². The molecule has 0 aliphatic rings. The van der Waals surface area contributed by atoms with Crippen LogP contribution in [0.2, 0.25) is 0 Å². The smallest absolute Gasteiger partial charge is 0.294 e. The normalized spacial score (nSPS) is 11.5. The van der Waals surface area contributed by atoms with Gasteiger partial charge in [-0.05, 0) is 30.3 Å². The Labute approximate surface area is 160 Å². The Balaban J connectivity index is 0.00000208. The molecule has 1 radical (unpaired) electrons. The molecule has 0 aliphatic carbocycles. The van der Waals surface area contributed by atoms with Crippen molar-refractivity contribution < 1.29 is 18.1 Å². The van der Waals surface area contributed by atoms with Crippen LogP contribution < -0.4 is 0 Å². The first kappa shape index (κ1) is 18.5. The molecule has 0 unspecified atom stereocenters. The zero-order chi connectivity index (χ0) is 16.4. The third kappa shape index (κ3) is 3.97. The number of fused-ring (bicyclic) bond motifs is 1. The Morgan fingerprint density at radius 1 is 1.00 bits per heavy atom. The van der Waals surface area contributed by atoms with Gasteiger partial charge in [-0.3, -0.25) is 9.54 Å². The molecule has 1 heterocycles. The van der Waals surface area contributed by atoms with Crippen LogP contribution in [0, 0.1) is 0 Å². The fourth-order valence-electron chi connectivity index (χ4n) is 2.02. The number of azo groups is 1. The zero-order valence-electron chi connectivity index (χ0n) is 12.7. The van der Waals surface area contributed by atoms with Crippen molar-refractivity contribution in [3.63, 3.8) is 0 Å². The van der Waals surface area contributed by atoms with Crippen LogP contribution in [0.15, 0.2) is 69.9 Å². The Bertz CT molecular complexity index is 1020. The van der Waals surface area contributed by atoms with Gasteiger partial charge in [-0.15, -0.1) is 5.11 Å². The first-order chi connectivity index (χ1) is 10.9. The molecule has 0 bridgehead atoms. The molecule has 24 heavy (non-hydrogen) atoms. The largest absolute Gasteiger partial charge is 0.504 e. The number of phenols is 1. The fourth-order valence-corrected chi connectivity index (χ4v) is 2.54. The summed E-state index contributed by atoms with van der Waals surface area (Å²) in [5.74, 6) is -0.113. The van der Waals surface area contributed by atoms with Crippen molar-refractivity contribution in [1.29, 1.82) is 0 Å². The number of nitrogens with zero attached hydrogens (tertiary/aromatic N) is 3. The van der Waals surface area contributed by atoms with Crippen LogP contribution in [0.5, 0.6) is 5.75 Å². The van der Waals surface area contributed by atoms with Crippen LogP contribution in [0.25, 0.3) is 10.9 Å². The number of pyridine rings is 1. The number of hydrogen-bond donors (Lipinski definition) is 2. The Morgan fingerprint density at radius 3 is 2.54 bits per heavy atom. The molecule has 7 nitrogen and oxygen atoms in total. The summed E-state index contributed by atoms with van der Waals surface area (Å²) in [7, 11) is -4.31. The molecule has 0 saturated heterocycles. The van der Waals surface area contributed by atoms with Crippen LogP contribution in [-0.2, 0) is 10.1 Å². The van der Waals surface area contributed by atoms with Crippen molar-refractivity contribution in [2.75, 3.05) is 0 Å². The average Bonchev–Trinajstić information content (AvgIpc) is 2.54. The molecule has 2 N–H and O–H groups in total. The van der Waals surface area contributed by atoms with Crippen molar-refractivity contribution in [2.24, 2.45) is 10.2 Å². The van der Waals surface area contributed by atoms with Crippen molar-refractivity contribution in [2.45, 2.75) is 4.90 Å². The summed E-state index contributed by atoms with van der Waals surface area (Å²) >= 11 is 0. The van der Waals surface area contributed by atoms with Crippen LogP contribution in [0.3, 0.4) is 0 Å². The molecule has 2 aromatic carbocycles. The minimum absolute atomic E-state index is 0. The van der Waals surface area contributed by atoms with E-state index in [2.05, 4.69) is 15.2 Å². The summed E-state index contributed by atoms with van der Waals surface area (Å²) in [5.41, 5.74) is 0.824. The predicted molar refractivity (Wildman–Crippen MR) is 89.6 cm³/mol. The fraction of sp³-hybridized carbons (Fsp3) is 0. The van der Waals surface area contributed by atoms with E-state index in [0.717, 1.165) is 5.39 Å². The van der Waals surface area contributed by atoms with E-state index in [0.29, 0.717) is 5.52 Å². The standard InChI is InChI=1S/C15H11N3O4S.Na/c19-15-13(7-6-10-3-2-8-16-14(10)15)18-17-11-4-1-5-12(9-11)23(20,21)22;/h1-9,19H,(H,20,21,22);. The third-order valence-electron chi connectivity index (χ3n) is 3.12. The molecule has 0 saturated carbocycles. The van der Waals surface area contributed by atoms with Crippen molar-refractivity contribution in [3.05, 3.63) is 54.7 Å². The van der Waals surface area contributed by atoms with Crippen LogP contribution in [0.1, 0.15) is 0 Å². The predicted octanol–water partition coefficient (Wildman–Crippen LogP) is 3.22. The molecule has 1 aromatic heterocycles. The summed E-state index contributed by atoms with van der Waals surface area (Å²) in [6.07, 6.45) is 1.55. The van der Waals surface area contributed by atoms with Gasteiger partial charge in [0.1, 0.15) is 11.2 Å². The van der Waals surface area contributed by atoms with Gasteiger partial charge in [-0.25, -0.2) is 0 Å². The van der Waals surface area contributed by atoms with E-state index >= 15 is 0 Å². The molecule has 0 aliphatic heterocycles. The molecular weight excluding hydrogens is 341 g/mol. The SMILES string of the molecule is O=S(=O)(O)c1cccc(N=Nc2ccc3cccnc3c2O)c1.[Na]. The monoisotopic (exact) mass is 352 g/mol. The van der Waals surface area contributed by atoms with Crippen LogP contribution in [-0.4, -0.2) is 52.6 Å². The number of aromatic nitrogens is 1. The Kier molecular flexibility index (Phi) is 5.68. The molecular formula is C15H11N3NaO4S. The molecule has 0 amide bonds. The third-order valence-corrected chi connectivity index (χ3v) is 3.96. The number of phenolic OH excluding ortho intramolecular Hbond substituents is 1. The molecule has 117 valence electrons. The topological polar surface area (TPSA) is 112 Å². The van der Waals surface area contributed by atoms with E-state index < -0.39 is 10.1 Å². The first-order valence-electron chi connectivity index (χ1n) is 6.51. The van der Waals surface area contributed by atoms with Gasteiger partial charge in [-0.1, -0.05) is 18.2 Å². The minimum atomic E-state index is -4.31. The number of aromatic hydroxyl groups is 1. The van der Waals surface area contributed by atoms with Crippen LogP contribution >= 0.6 is 0 Å². The maximum atomic E-state index is 11.1. The van der Waals surface area contributed by atoms with E-state index in [-0.39, 0.29) is 51.6 Å². The molecule has 0 spiro atoms. The van der Waals surface area contributed by atoms with Gasteiger partial charge in [0, 0.05) is 41.1 Å². The maximum Gasteiger partial charge on any atom is 0.294 e. The molecule has 3 rings (SSSR count). The van der Waals surface area contributed by atoms with Gasteiger partial charge in [0.15, 0.2) is 5.75 Å². The van der Waals surface area contributed by atoms with Gasteiger partial charge in [0.2, 0.25) is 0 Å².